The second-order valence-electron chi connectivity index (χ2n) is 23.4. The summed E-state index contributed by atoms with van der Waals surface area (Å²) < 4.78 is 16.9. The summed E-state index contributed by atoms with van der Waals surface area (Å²) in [5, 5.41) is 0. The molecule has 0 aliphatic heterocycles. The van der Waals surface area contributed by atoms with Crippen LogP contribution in [0.2, 0.25) is 0 Å². The predicted molar refractivity (Wildman–Crippen MR) is 335 cm³/mol. The fourth-order valence-corrected chi connectivity index (χ4v) is 10.4. The van der Waals surface area contributed by atoms with E-state index in [2.05, 4.69) is 57.2 Å². The van der Waals surface area contributed by atoms with Gasteiger partial charge in [-0.05, 0) is 77.0 Å². The Morgan fingerprint density at radius 1 is 0.260 bits per heavy atom. The Morgan fingerprint density at radius 2 is 0.468 bits per heavy atom. The number of rotatable bonds is 64. The minimum Gasteiger partial charge on any atom is -0.462 e. The van der Waals surface area contributed by atoms with Crippen LogP contribution in [0.3, 0.4) is 0 Å². The number of hydrogen-bond donors (Lipinski definition) is 0. The molecule has 1 unspecified atom stereocenters. The van der Waals surface area contributed by atoms with Crippen molar-refractivity contribution in [3.05, 3.63) is 36.5 Å². The number of ether oxygens (including phenoxy) is 3. The summed E-state index contributed by atoms with van der Waals surface area (Å²) in [6.07, 6.45) is 81.8. The summed E-state index contributed by atoms with van der Waals surface area (Å²) >= 11 is 0. The molecule has 0 heterocycles. The van der Waals surface area contributed by atoms with Crippen molar-refractivity contribution in [2.75, 3.05) is 13.2 Å². The molecule has 0 aliphatic carbocycles. The van der Waals surface area contributed by atoms with Gasteiger partial charge in [-0.3, -0.25) is 14.4 Å². The van der Waals surface area contributed by atoms with Crippen LogP contribution in [-0.4, -0.2) is 37.2 Å². The maximum Gasteiger partial charge on any atom is 0.306 e. The molecule has 0 bridgehead atoms. The number of hydrogen-bond acceptors (Lipinski definition) is 6. The van der Waals surface area contributed by atoms with Crippen LogP contribution in [0.4, 0.5) is 0 Å². The van der Waals surface area contributed by atoms with Crippen molar-refractivity contribution >= 4 is 17.9 Å². The molecule has 6 heteroatoms. The lowest BCUT2D eigenvalue weighted by Gasteiger charge is -2.18. The highest BCUT2D eigenvalue weighted by molar-refractivity contribution is 5.71. The van der Waals surface area contributed by atoms with Crippen LogP contribution in [-0.2, 0) is 28.6 Å². The van der Waals surface area contributed by atoms with Crippen molar-refractivity contribution in [3.8, 4) is 0 Å². The predicted octanol–water partition coefficient (Wildman–Crippen LogP) is 23.6. The normalized spacial score (nSPS) is 12.2. The third-order valence-corrected chi connectivity index (χ3v) is 15.6. The van der Waals surface area contributed by atoms with E-state index in [0.29, 0.717) is 19.3 Å². The highest BCUT2D eigenvalue weighted by atomic mass is 16.6. The van der Waals surface area contributed by atoms with Gasteiger partial charge in [0.25, 0.3) is 0 Å². The van der Waals surface area contributed by atoms with Gasteiger partial charge in [-0.25, -0.2) is 0 Å². The van der Waals surface area contributed by atoms with Crippen LogP contribution in [0, 0.1) is 0 Å². The average molecular weight is 1080 g/mol. The van der Waals surface area contributed by atoms with Crippen LogP contribution in [0.25, 0.3) is 0 Å². The summed E-state index contributed by atoms with van der Waals surface area (Å²) in [6, 6.07) is 0. The van der Waals surface area contributed by atoms with Crippen molar-refractivity contribution in [3.63, 3.8) is 0 Å². The van der Waals surface area contributed by atoms with Gasteiger partial charge in [-0.2, -0.15) is 0 Å². The standard InChI is InChI=1S/C71H132O6/c1-4-7-10-13-16-19-22-25-28-30-31-32-33-34-35-36-37-38-39-40-41-44-46-49-52-55-58-61-64-70(73)76-67-68(66-75-69(72)63-60-57-54-51-48-45-42-27-24-21-18-15-12-9-6-3)77-71(74)65-62-59-56-53-50-47-43-29-26-23-20-17-14-11-8-5-2/h20,23,27,29,42-43,68H,4-19,21-22,24-26,28,30-41,44-67H2,1-3H3/b23-20-,42-27-,43-29-. The first-order chi connectivity index (χ1) is 38.0. The van der Waals surface area contributed by atoms with E-state index < -0.39 is 6.10 Å². The van der Waals surface area contributed by atoms with Crippen LogP contribution < -0.4 is 0 Å². The first-order valence-corrected chi connectivity index (χ1v) is 34.5. The molecule has 0 aromatic heterocycles. The van der Waals surface area contributed by atoms with Crippen molar-refractivity contribution in [2.24, 2.45) is 0 Å². The van der Waals surface area contributed by atoms with E-state index >= 15 is 0 Å². The van der Waals surface area contributed by atoms with Crippen molar-refractivity contribution in [1.82, 2.24) is 0 Å². The number of esters is 3. The molecule has 0 amide bonds. The van der Waals surface area contributed by atoms with Crippen molar-refractivity contribution in [1.29, 1.82) is 0 Å². The largest absolute Gasteiger partial charge is 0.462 e. The van der Waals surface area contributed by atoms with E-state index in [1.54, 1.807) is 0 Å². The Bertz CT molecular complexity index is 1290. The molecule has 6 nitrogen and oxygen atoms in total. The van der Waals surface area contributed by atoms with Crippen LogP contribution in [0.5, 0.6) is 0 Å². The zero-order valence-corrected chi connectivity index (χ0v) is 52.0. The molecule has 0 saturated heterocycles. The van der Waals surface area contributed by atoms with Gasteiger partial charge in [0.05, 0.1) is 0 Å². The molecule has 0 aromatic rings. The molecule has 0 radical (unpaired) electrons. The summed E-state index contributed by atoms with van der Waals surface area (Å²) in [5.41, 5.74) is 0. The van der Waals surface area contributed by atoms with Crippen LogP contribution in [0.1, 0.15) is 380 Å². The highest BCUT2D eigenvalue weighted by Crippen LogP contribution is 2.18. The van der Waals surface area contributed by atoms with E-state index in [1.165, 1.54) is 250 Å². The van der Waals surface area contributed by atoms with E-state index in [-0.39, 0.29) is 31.1 Å². The maximum atomic E-state index is 12.9. The molecule has 0 saturated carbocycles. The third-order valence-electron chi connectivity index (χ3n) is 15.6. The molecule has 0 N–H and O–H groups in total. The lowest BCUT2D eigenvalue weighted by Crippen LogP contribution is -2.30. The van der Waals surface area contributed by atoms with E-state index in [0.717, 1.165) is 89.9 Å². The van der Waals surface area contributed by atoms with Gasteiger partial charge in [0.1, 0.15) is 13.2 Å². The van der Waals surface area contributed by atoms with E-state index in [1.807, 2.05) is 0 Å². The second kappa shape index (κ2) is 66.1. The summed E-state index contributed by atoms with van der Waals surface area (Å²) in [7, 11) is 0. The van der Waals surface area contributed by atoms with Crippen molar-refractivity contribution in [2.45, 2.75) is 386 Å². The molecular weight excluding hydrogens is 949 g/mol. The smallest absolute Gasteiger partial charge is 0.306 e. The van der Waals surface area contributed by atoms with Gasteiger partial charge < -0.3 is 14.2 Å². The van der Waals surface area contributed by atoms with Gasteiger partial charge in [0, 0.05) is 19.3 Å². The fourth-order valence-electron chi connectivity index (χ4n) is 10.4. The maximum absolute atomic E-state index is 12.9. The summed E-state index contributed by atoms with van der Waals surface area (Å²) in [4.78, 5) is 38.3. The summed E-state index contributed by atoms with van der Waals surface area (Å²) in [5.74, 6) is -0.874. The molecule has 77 heavy (non-hydrogen) atoms. The van der Waals surface area contributed by atoms with Gasteiger partial charge in [-0.15, -0.1) is 0 Å². The minimum atomic E-state index is -0.782. The Kier molecular flexibility index (Phi) is 64.1. The molecule has 0 rings (SSSR count). The lowest BCUT2D eigenvalue weighted by atomic mass is 10.0. The number of allylic oxidation sites excluding steroid dienone is 6. The molecule has 0 fully saturated rings. The molecule has 452 valence electrons. The van der Waals surface area contributed by atoms with Gasteiger partial charge in [0.2, 0.25) is 0 Å². The van der Waals surface area contributed by atoms with Gasteiger partial charge >= 0.3 is 17.9 Å². The average Bonchev–Trinajstić information content (AvgIpc) is 3.43. The SMILES string of the molecule is CCCCCC/C=C\C/C=C\CCCCCCCC(=O)OC(COC(=O)CCCCCCC/C=C\CCCCCCCC)COC(=O)CCCCCCCCCCCCCCCCCCCCCCCCCCCCCC. The Balaban J connectivity index is 4.21. The van der Waals surface area contributed by atoms with Crippen LogP contribution in [0.15, 0.2) is 36.5 Å². The summed E-state index contributed by atoms with van der Waals surface area (Å²) in [6.45, 7) is 6.67. The molecular formula is C71H132O6. The lowest BCUT2D eigenvalue weighted by molar-refractivity contribution is -0.167. The van der Waals surface area contributed by atoms with E-state index in [9.17, 15) is 14.4 Å². The fraction of sp³-hybridized carbons (Fsp3) is 0.873. The third kappa shape index (κ3) is 64.3. The monoisotopic (exact) mass is 1080 g/mol. The van der Waals surface area contributed by atoms with Gasteiger partial charge in [0.15, 0.2) is 6.10 Å². The number of carbonyl (C=O) groups excluding carboxylic acids is 3. The topological polar surface area (TPSA) is 78.9 Å². The molecule has 0 aliphatic rings. The first-order valence-electron chi connectivity index (χ1n) is 34.5. The Morgan fingerprint density at radius 3 is 0.740 bits per heavy atom. The molecule has 1 atom stereocenters. The minimum absolute atomic E-state index is 0.0763. The first kappa shape index (κ1) is 74.6. The molecule has 0 spiro atoms. The van der Waals surface area contributed by atoms with Gasteiger partial charge in [-0.1, -0.05) is 320 Å². The van der Waals surface area contributed by atoms with E-state index in [4.69, 9.17) is 14.2 Å². The quantitative estimate of drug-likeness (QED) is 0.0261. The zero-order chi connectivity index (χ0) is 55.7. The Hall–Kier alpha value is -2.37. The number of unbranched alkanes of at least 4 members (excludes halogenated alkanes) is 47. The van der Waals surface area contributed by atoms with Crippen LogP contribution >= 0.6 is 0 Å². The van der Waals surface area contributed by atoms with Crippen molar-refractivity contribution < 1.29 is 28.6 Å². The highest BCUT2D eigenvalue weighted by Gasteiger charge is 2.19. The zero-order valence-electron chi connectivity index (χ0n) is 52.0. The molecule has 0 aromatic carbocycles. The Labute approximate surface area is 480 Å². The second-order valence-corrected chi connectivity index (χ2v) is 23.4. The number of carbonyl (C=O) groups is 3.